The van der Waals surface area contributed by atoms with Gasteiger partial charge < -0.3 is 14.6 Å². The first-order valence-corrected chi connectivity index (χ1v) is 15.7. The first kappa shape index (κ1) is 28.8. The van der Waals surface area contributed by atoms with E-state index < -0.39 is 11.5 Å². The fourth-order valence-corrected chi connectivity index (χ4v) is 9.75. The number of allylic oxidation sites excluding steroid dienone is 1. The van der Waals surface area contributed by atoms with Crippen LogP contribution >= 0.6 is 0 Å². The zero-order valence-electron chi connectivity index (χ0n) is 24.6. The zero-order valence-corrected chi connectivity index (χ0v) is 24.6. The van der Waals surface area contributed by atoms with Crippen molar-refractivity contribution in [1.82, 2.24) is 0 Å². The molecule has 0 heterocycles. The highest BCUT2D eigenvalue weighted by molar-refractivity contribution is 5.70. The molecule has 210 valence electrons. The van der Waals surface area contributed by atoms with Gasteiger partial charge in [0, 0.05) is 11.8 Å². The molecule has 37 heavy (non-hydrogen) atoms. The largest absolute Gasteiger partial charge is 0.462 e. The third-order valence-electron chi connectivity index (χ3n) is 11.9. The Balaban J connectivity index is 1.47. The summed E-state index contributed by atoms with van der Waals surface area (Å²) in [6.45, 7) is 13.6. The first-order chi connectivity index (χ1) is 17.6. The summed E-state index contributed by atoms with van der Waals surface area (Å²) in [5.74, 6) is 2.15. The van der Waals surface area contributed by atoms with Gasteiger partial charge in [-0.25, -0.2) is 0 Å². The van der Waals surface area contributed by atoms with Crippen LogP contribution in [0.1, 0.15) is 125 Å². The predicted octanol–water partition coefficient (Wildman–Crippen LogP) is 7.67. The van der Waals surface area contributed by atoms with Crippen LogP contribution in [0.5, 0.6) is 0 Å². The Morgan fingerprint density at radius 3 is 2.38 bits per heavy atom. The number of rotatable bonds is 10. The van der Waals surface area contributed by atoms with Gasteiger partial charge in [0.05, 0.1) is 11.5 Å². The molecule has 5 unspecified atom stereocenters. The normalized spacial score (nSPS) is 43.1. The van der Waals surface area contributed by atoms with Gasteiger partial charge in [0.1, 0.15) is 12.4 Å². The van der Waals surface area contributed by atoms with Crippen molar-refractivity contribution in [1.29, 1.82) is 0 Å². The minimum absolute atomic E-state index is 0.00269. The lowest BCUT2D eigenvalue weighted by molar-refractivity contribution is -0.165. The molecule has 4 nitrogen and oxygen atoms in total. The van der Waals surface area contributed by atoms with Crippen LogP contribution in [0.4, 0.5) is 0 Å². The van der Waals surface area contributed by atoms with Crippen LogP contribution in [0.25, 0.3) is 0 Å². The van der Waals surface area contributed by atoms with Gasteiger partial charge in [-0.15, -0.1) is 0 Å². The molecule has 4 heteroatoms. The van der Waals surface area contributed by atoms with Crippen LogP contribution in [0.15, 0.2) is 11.1 Å². The molecule has 3 saturated carbocycles. The second-order valence-corrected chi connectivity index (χ2v) is 13.7. The monoisotopic (exact) mass is 514 g/mol. The van der Waals surface area contributed by atoms with E-state index >= 15 is 0 Å². The number of fused-ring (bicyclic) bond motifs is 5. The Labute approximate surface area is 226 Å². The van der Waals surface area contributed by atoms with Crippen LogP contribution in [0.2, 0.25) is 0 Å². The number of aliphatic hydroxyl groups excluding tert-OH is 1. The Morgan fingerprint density at radius 2 is 1.70 bits per heavy atom. The van der Waals surface area contributed by atoms with Crippen LogP contribution in [-0.4, -0.2) is 29.6 Å². The maximum Gasteiger partial charge on any atom is 0.306 e. The van der Waals surface area contributed by atoms with E-state index in [2.05, 4.69) is 41.5 Å². The third kappa shape index (κ3) is 4.87. The molecule has 3 fully saturated rings. The third-order valence-corrected chi connectivity index (χ3v) is 11.9. The molecular weight excluding hydrogens is 460 g/mol. The van der Waals surface area contributed by atoms with E-state index in [0.29, 0.717) is 36.5 Å². The van der Waals surface area contributed by atoms with Crippen molar-refractivity contribution in [2.24, 2.45) is 46.3 Å². The van der Waals surface area contributed by atoms with Crippen molar-refractivity contribution >= 4 is 12.3 Å². The van der Waals surface area contributed by atoms with Gasteiger partial charge in [-0.2, -0.15) is 0 Å². The summed E-state index contributed by atoms with van der Waals surface area (Å²) in [6, 6.07) is 0. The van der Waals surface area contributed by atoms with E-state index in [1.54, 1.807) is 0 Å². The van der Waals surface area contributed by atoms with Crippen molar-refractivity contribution in [2.75, 3.05) is 0 Å². The van der Waals surface area contributed by atoms with Crippen LogP contribution in [0, 0.1) is 46.3 Å². The second kappa shape index (κ2) is 11.5. The van der Waals surface area contributed by atoms with Crippen molar-refractivity contribution in [3.8, 4) is 0 Å². The minimum atomic E-state index is -0.451. The van der Waals surface area contributed by atoms with Gasteiger partial charge in [-0.3, -0.25) is 4.79 Å². The van der Waals surface area contributed by atoms with E-state index in [9.17, 15) is 14.7 Å². The van der Waals surface area contributed by atoms with E-state index in [4.69, 9.17) is 4.74 Å². The van der Waals surface area contributed by atoms with Gasteiger partial charge in [0.25, 0.3) is 0 Å². The van der Waals surface area contributed by atoms with Gasteiger partial charge in [-0.1, -0.05) is 78.7 Å². The number of aldehydes is 1. The number of esters is 1. The van der Waals surface area contributed by atoms with Crippen molar-refractivity contribution in [3.05, 3.63) is 11.1 Å². The van der Waals surface area contributed by atoms with Crippen LogP contribution < -0.4 is 0 Å². The topological polar surface area (TPSA) is 63.6 Å². The molecule has 0 radical (unpaired) electrons. The van der Waals surface area contributed by atoms with Gasteiger partial charge in [-0.05, 0) is 86.5 Å². The van der Waals surface area contributed by atoms with Crippen LogP contribution in [0.3, 0.4) is 0 Å². The summed E-state index contributed by atoms with van der Waals surface area (Å²) >= 11 is 0. The smallest absolute Gasteiger partial charge is 0.306 e. The number of carbonyl (C=O) groups is 2. The summed E-state index contributed by atoms with van der Waals surface area (Å²) in [5.41, 5.74) is 1.86. The molecule has 0 aromatic rings. The average molecular weight is 515 g/mol. The average Bonchev–Trinajstić information content (AvgIpc) is 3.19. The number of aliphatic hydroxyl groups is 1. The first-order valence-electron chi connectivity index (χ1n) is 15.7. The molecule has 0 saturated heterocycles. The highest BCUT2D eigenvalue weighted by Crippen LogP contribution is 2.69. The van der Waals surface area contributed by atoms with E-state index in [-0.39, 0.29) is 29.3 Å². The molecule has 1 N–H and O–H groups in total. The Morgan fingerprint density at radius 1 is 1.03 bits per heavy atom. The maximum atomic E-state index is 13.1. The quantitative estimate of drug-likeness (QED) is 0.141. The fraction of sp³-hybridized carbons (Fsp3) is 0.879. The van der Waals surface area contributed by atoms with E-state index in [0.717, 1.165) is 44.1 Å². The highest BCUT2D eigenvalue weighted by Gasteiger charge is 2.66. The number of ether oxygens (including phenoxy) is 1. The lowest BCUT2D eigenvalue weighted by Gasteiger charge is -2.63. The molecule has 0 aliphatic heterocycles. The molecule has 0 aromatic carbocycles. The number of hydrogen-bond donors (Lipinski definition) is 1. The molecule has 0 bridgehead atoms. The Bertz CT molecular complexity index is 862. The standard InChI is InChI=1S/C33H54O4/c1-7-8-9-10-11-12-13-14-29(36)37-28-16-15-25-30-22(3)23(4)31-24(5)27(35)19-21(2)33(31,20-34)26(30)17-18-32(25,28)6/h20-23,25-28,30,35H,7-19H2,1-6H3/t21?,22?,23?,25-,26+,27?,28?,30-,32-,33+/m0/s1. The number of unbranched alkanes of at least 4 members (excludes halogenated alkanes) is 6. The Hall–Kier alpha value is -1.16. The van der Waals surface area contributed by atoms with Gasteiger partial charge in [0.2, 0.25) is 0 Å². The lowest BCUT2D eigenvalue weighted by Crippen LogP contribution is -2.60. The molecule has 4 aliphatic carbocycles. The molecule has 0 spiro atoms. The maximum absolute atomic E-state index is 13.1. The van der Waals surface area contributed by atoms with Crippen molar-refractivity contribution in [3.63, 3.8) is 0 Å². The summed E-state index contributed by atoms with van der Waals surface area (Å²) in [4.78, 5) is 25.9. The van der Waals surface area contributed by atoms with Gasteiger partial charge >= 0.3 is 5.97 Å². The SMILES string of the molecule is CCCCCCCCCC(=O)OC1CC[C@H]2[C@@H]3C(C)C(C)C4=C(C)C(O)CC(C)[C@]4(C=O)[C@@H]3CC[C@]12C. The summed E-state index contributed by atoms with van der Waals surface area (Å²) < 4.78 is 6.23. The predicted molar refractivity (Wildman–Crippen MR) is 149 cm³/mol. The summed E-state index contributed by atoms with van der Waals surface area (Å²) in [5, 5.41) is 10.8. The number of hydrogen-bond acceptors (Lipinski definition) is 4. The molecule has 0 aromatic heterocycles. The molecular formula is C33H54O4. The lowest BCUT2D eigenvalue weighted by atomic mass is 9.40. The minimum Gasteiger partial charge on any atom is -0.462 e. The zero-order chi connectivity index (χ0) is 27.0. The molecule has 4 rings (SSSR count). The van der Waals surface area contributed by atoms with Crippen molar-refractivity contribution in [2.45, 2.75) is 137 Å². The number of carbonyl (C=O) groups excluding carboxylic acids is 2. The molecule has 4 aliphatic rings. The molecule has 0 amide bonds. The van der Waals surface area contributed by atoms with E-state index in [1.807, 2.05) is 0 Å². The van der Waals surface area contributed by atoms with Gasteiger partial charge in [0.15, 0.2) is 0 Å². The van der Waals surface area contributed by atoms with Crippen LogP contribution in [-0.2, 0) is 14.3 Å². The summed E-state index contributed by atoms with van der Waals surface area (Å²) in [7, 11) is 0. The van der Waals surface area contributed by atoms with Crippen molar-refractivity contribution < 1.29 is 19.4 Å². The molecule has 10 atom stereocenters. The second-order valence-electron chi connectivity index (χ2n) is 13.7. The highest BCUT2D eigenvalue weighted by atomic mass is 16.5. The fourth-order valence-electron chi connectivity index (χ4n) is 9.75. The van der Waals surface area contributed by atoms with E-state index in [1.165, 1.54) is 44.0 Å². The summed E-state index contributed by atoms with van der Waals surface area (Å²) in [6.07, 6.45) is 14.6. The Kier molecular flexibility index (Phi) is 8.98.